The maximum Gasteiger partial charge on any atom is 0.148 e. The molecule has 3 nitrogen and oxygen atoms in total. The lowest BCUT2D eigenvalue weighted by molar-refractivity contribution is 0.451. The molecule has 2 unspecified atom stereocenters. The second-order valence-electron chi connectivity index (χ2n) is 5.01. The fourth-order valence-corrected chi connectivity index (χ4v) is 4.55. The fraction of sp³-hybridized carbons (Fsp3) is 0.538. The maximum absolute atomic E-state index is 13.7. The first-order valence-electron chi connectivity index (χ1n) is 6.22. The van der Waals surface area contributed by atoms with Gasteiger partial charge < -0.3 is 5.32 Å². The molecule has 0 aromatic heterocycles. The summed E-state index contributed by atoms with van der Waals surface area (Å²) in [6, 6.07) is 4.97. The van der Waals surface area contributed by atoms with Crippen molar-refractivity contribution >= 4 is 21.6 Å². The highest BCUT2D eigenvalue weighted by molar-refractivity contribution is 7.99. The van der Waals surface area contributed by atoms with Crippen LogP contribution in [-0.4, -0.2) is 32.2 Å². The van der Waals surface area contributed by atoms with Crippen molar-refractivity contribution in [3.63, 3.8) is 0 Å². The third-order valence-electron chi connectivity index (χ3n) is 3.06. The van der Waals surface area contributed by atoms with Gasteiger partial charge in [0, 0.05) is 23.2 Å². The summed E-state index contributed by atoms with van der Waals surface area (Å²) >= 11 is 1.53. The predicted molar refractivity (Wildman–Crippen MR) is 76.8 cm³/mol. The fourth-order valence-electron chi connectivity index (χ4n) is 2.41. The molecule has 0 saturated heterocycles. The second kappa shape index (κ2) is 5.81. The summed E-state index contributed by atoms with van der Waals surface area (Å²) in [5.74, 6) is 0.753. The molecule has 2 atom stereocenters. The second-order valence-corrected chi connectivity index (χ2v) is 8.30. The molecule has 1 aliphatic rings. The van der Waals surface area contributed by atoms with Gasteiger partial charge in [-0.05, 0) is 30.7 Å². The topological polar surface area (TPSA) is 46.2 Å². The molecule has 1 aromatic rings. The Kier molecular flexibility index (Phi) is 4.53. The van der Waals surface area contributed by atoms with Crippen LogP contribution in [0, 0.1) is 5.82 Å². The van der Waals surface area contributed by atoms with Gasteiger partial charge in [0.1, 0.15) is 15.7 Å². The van der Waals surface area contributed by atoms with Gasteiger partial charge in [-0.15, -0.1) is 11.8 Å². The third kappa shape index (κ3) is 3.94. The van der Waals surface area contributed by atoms with Crippen LogP contribution in [0.15, 0.2) is 23.1 Å². The zero-order valence-electron chi connectivity index (χ0n) is 11.0. The van der Waals surface area contributed by atoms with Crippen LogP contribution in [0.1, 0.15) is 24.9 Å². The summed E-state index contributed by atoms with van der Waals surface area (Å²) in [5.41, 5.74) is 0.941. The van der Waals surface area contributed by atoms with Gasteiger partial charge in [-0.3, -0.25) is 0 Å². The van der Waals surface area contributed by atoms with Gasteiger partial charge in [-0.25, -0.2) is 12.8 Å². The lowest BCUT2D eigenvalue weighted by Gasteiger charge is -2.28. The molecule has 1 aliphatic heterocycles. The number of halogens is 1. The van der Waals surface area contributed by atoms with E-state index >= 15 is 0 Å². The third-order valence-corrected chi connectivity index (χ3v) is 5.33. The Morgan fingerprint density at radius 2 is 2.26 bits per heavy atom. The van der Waals surface area contributed by atoms with Crippen molar-refractivity contribution in [2.45, 2.75) is 30.3 Å². The SMILES string of the molecule is CC(CS(C)(=O)=O)NC1CCSc2c(F)cccc21. The normalized spacial score (nSPS) is 20.9. The van der Waals surface area contributed by atoms with E-state index in [1.165, 1.54) is 24.1 Å². The molecule has 19 heavy (non-hydrogen) atoms. The number of hydrogen-bond donors (Lipinski definition) is 1. The van der Waals surface area contributed by atoms with Gasteiger partial charge in [0.05, 0.1) is 5.75 Å². The number of thioether (sulfide) groups is 1. The van der Waals surface area contributed by atoms with Crippen LogP contribution in [0.4, 0.5) is 4.39 Å². The molecule has 0 aliphatic carbocycles. The number of hydrogen-bond acceptors (Lipinski definition) is 4. The van der Waals surface area contributed by atoms with E-state index in [2.05, 4.69) is 5.32 Å². The summed E-state index contributed by atoms with van der Waals surface area (Å²) in [5, 5.41) is 3.30. The number of fused-ring (bicyclic) bond motifs is 1. The molecule has 1 aromatic carbocycles. The molecule has 0 fully saturated rings. The Bertz CT molecular complexity index is 560. The van der Waals surface area contributed by atoms with E-state index in [0.29, 0.717) is 4.90 Å². The molecule has 0 bridgehead atoms. The average Bonchev–Trinajstić information content (AvgIpc) is 2.28. The quantitative estimate of drug-likeness (QED) is 0.928. The van der Waals surface area contributed by atoms with Crippen molar-refractivity contribution in [2.75, 3.05) is 17.8 Å². The van der Waals surface area contributed by atoms with Crippen LogP contribution in [0.25, 0.3) is 0 Å². The highest BCUT2D eigenvalue weighted by Gasteiger charge is 2.24. The van der Waals surface area contributed by atoms with E-state index in [4.69, 9.17) is 0 Å². The monoisotopic (exact) mass is 303 g/mol. The minimum absolute atomic E-state index is 0.0312. The first-order chi connectivity index (χ1) is 8.87. The summed E-state index contributed by atoms with van der Waals surface area (Å²) < 4.78 is 36.3. The zero-order valence-corrected chi connectivity index (χ0v) is 12.7. The standard InChI is InChI=1S/C13H18FNO2S2/c1-9(8-19(2,16)17)15-12-6-7-18-13-10(12)4-3-5-11(13)14/h3-5,9,12,15H,6-8H2,1-2H3. The van der Waals surface area contributed by atoms with Crippen molar-refractivity contribution in [1.29, 1.82) is 0 Å². The van der Waals surface area contributed by atoms with Crippen molar-refractivity contribution in [2.24, 2.45) is 0 Å². The Morgan fingerprint density at radius 3 is 2.95 bits per heavy atom. The molecular weight excluding hydrogens is 285 g/mol. The minimum atomic E-state index is -3.00. The first kappa shape index (κ1) is 14.8. The van der Waals surface area contributed by atoms with E-state index < -0.39 is 9.84 Å². The van der Waals surface area contributed by atoms with E-state index in [1.54, 1.807) is 6.07 Å². The zero-order chi connectivity index (χ0) is 14.0. The maximum atomic E-state index is 13.7. The predicted octanol–water partition coefficient (Wildman–Crippen LogP) is 2.39. The molecule has 1 heterocycles. The largest absolute Gasteiger partial charge is 0.306 e. The number of nitrogens with one attached hydrogen (secondary N) is 1. The number of benzene rings is 1. The van der Waals surface area contributed by atoms with Crippen LogP contribution in [0.5, 0.6) is 0 Å². The molecule has 6 heteroatoms. The molecule has 0 amide bonds. The highest BCUT2D eigenvalue weighted by atomic mass is 32.2. The molecule has 0 spiro atoms. The first-order valence-corrected chi connectivity index (χ1v) is 9.26. The van der Waals surface area contributed by atoms with Crippen LogP contribution >= 0.6 is 11.8 Å². The Balaban J connectivity index is 2.14. The Morgan fingerprint density at radius 1 is 1.53 bits per heavy atom. The summed E-state index contributed by atoms with van der Waals surface area (Å²) in [4.78, 5) is 0.692. The van der Waals surface area contributed by atoms with Crippen molar-refractivity contribution in [3.8, 4) is 0 Å². The summed E-state index contributed by atoms with van der Waals surface area (Å²) in [6.45, 7) is 1.85. The number of rotatable bonds is 4. The van der Waals surface area contributed by atoms with Crippen molar-refractivity contribution in [3.05, 3.63) is 29.6 Å². The van der Waals surface area contributed by atoms with Crippen LogP contribution in [-0.2, 0) is 9.84 Å². The van der Waals surface area contributed by atoms with E-state index in [1.807, 2.05) is 13.0 Å². The van der Waals surface area contributed by atoms with E-state index in [0.717, 1.165) is 17.7 Å². The van der Waals surface area contributed by atoms with Crippen LogP contribution in [0.3, 0.4) is 0 Å². The molecule has 0 radical (unpaired) electrons. The Hall–Kier alpha value is -0.590. The van der Waals surface area contributed by atoms with Gasteiger partial charge in [0.25, 0.3) is 0 Å². The van der Waals surface area contributed by atoms with Gasteiger partial charge in [0.2, 0.25) is 0 Å². The summed E-state index contributed by atoms with van der Waals surface area (Å²) in [7, 11) is -3.00. The minimum Gasteiger partial charge on any atom is -0.306 e. The molecule has 2 rings (SSSR count). The smallest absolute Gasteiger partial charge is 0.148 e. The molecule has 106 valence electrons. The van der Waals surface area contributed by atoms with E-state index in [-0.39, 0.29) is 23.7 Å². The van der Waals surface area contributed by atoms with Gasteiger partial charge >= 0.3 is 0 Å². The lowest BCUT2D eigenvalue weighted by Crippen LogP contribution is -2.37. The summed E-state index contributed by atoms with van der Waals surface area (Å²) in [6.07, 6.45) is 2.12. The van der Waals surface area contributed by atoms with Crippen LogP contribution < -0.4 is 5.32 Å². The highest BCUT2D eigenvalue weighted by Crippen LogP contribution is 2.37. The molecule has 0 saturated carbocycles. The lowest BCUT2D eigenvalue weighted by atomic mass is 10.0. The molecular formula is C13H18FNO2S2. The van der Waals surface area contributed by atoms with E-state index in [9.17, 15) is 12.8 Å². The van der Waals surface area contributed by atoms with Gasteiger partial charge in [-0.1, -0.05) is 12.1 Å². The van der Waals surface area contributed by atoms with Gasteiger partial charge in [-0.2, -0.15) is 0 Å². The van der Waals surface area contributed by atoms with Gasteiger partial charge in [0.15, 0.2) is 0 Å². The number of sulfone groups is 1. The molecule has 1 N–H and O–H groups in total. The van der Waals surface area contributed by atoms with Crippen molar-refractivity contribution in [1.82, 2.24) is 5.32 Å². The Labute approximate surface area is 117 Å². The van der Waals surface area contributed by atoms with Crippen molar-refractivity contribution < 1.29 is 12.8 Å². The average molecular weight is 303 g/mol. The van der Waals surface area contributed by atoms with Crippen LogP contribution in [0.2, 0.25) is 0 Å².